The number of hydrogen-bond donors (Lipinski definition) is 2. The minimum absolute atomic E-state index is 0.152. The molecular weight excluding hydrogens is 226 g/mol. The molecule has 6 heteroatoms. The molecule has 0 fully saturated rings. The Hall–Kier alpha value is -1.38. The number of benzene rings is 1. The summed E-state index contributed by atoms with van der Waals surface area (Å²) in [6.45, 7) is 0. The Morgan fingerprint density at radius 1 is 1.57 bits per heavy atom. The van der Waals surface area contributed by atoms with E-state index in [0.717, 1.165) is 23.9 Å². The number of thiocyanates is 1. The minimum atomic E-state index is -1.26. The zero-order chi connectivity index (χ0) is 10.7. The van der Waals surface area contributed by atoms with E-state index in [4.69, 9.17) is 22.0 Å². The van der Waals surface area contributed by atoms with Gasteiger partial charge >= 0.3 is 5.97 Å². The van der Waals surface area contributed by atoms with Crippen molar-refractivity contribution in [3.8, 4) is 11.2 Å². The van der Waals surface area contributed by atoms with E-state index in [1.54, 1.807) is 5.40 Å². The highest BCUT2D eigenvalue weighted by atomic mass is 35.5. The van der Waals surface area contributed by atoms with Crippen LogP contribution in [-0.4, -0.2) is 16.2 Å². The first-order valence-electron chi connectivity index (χ1n) is 3.38. The number of hydrogen-bond acceptors (Lipinski definition) is 4. The van der Waals surface area contributed by atoms with Gasteiger partial charge in [-0.25, -0.2) is 4.79 Å². The summed E-state index contributed by atoms with van der Waals surface area (Å²) < 4.78 is 0. The molecule has 0 amide bonds. The fourth-order valence-electron chi connectivity index (χ4n) is 0.842. The first-order valence-corrected chi connectivity index (χ1v) is 4.57. The van der Waals surface area contributed by atoms with Crippen molar-refractivity contribution in [2.45, 2.75) is 4.90 Å². The van der Waals surface area contributed by atoms with Crippen LogP contribution in [0.2, 0.25) is 5.02 Å². The maximum atomic E-state index is 10.6. The lowest BCUT2D eigenvalue weighted by atomic mass is 10.2. The maximum absolute atomic E-state index is 10.6. The van der Waals surface area contributed by atoms with Gasteiger partial charge in [0.05, 0.1) is 5.02 Å². The van der Waals surface area contributed by atoms with Crippen LogP contribution in [0.25, 0.3) is 0 Å². The van der Waals surface area contributed by atoms with Crippen molar-refractivity contribution in [3.63, 3.8) is 0 Å². The number of phenols is 1. The topological polar surface area (TPSA) is 81.3 Å². The fraction of sp³-hybridized carbons (Fsp3) is 0. The maximum Gasteiger partial charge on any atom is 0.339 e. The molecule has 0 saturated carbocycles. The average molecular weight is 230 g/mol. The Morgan fingerprint density at radius 3 is 2.71 bits per heavy atom. The number of carboxylic acid groups (broad SMARTS) is 1. The SMILES string of the molecule is N#CSc1cc(C(=O)O)c(O)cc1Cl. The number of carbonyl (C=O) groups is 1. The van der Waals surface area contributed by atoms with Gasteiger partial charge in [-0.3, -0.25) is 0 Å². The number of aromatic carboxylic acids is 1. The van der Waals surface area contributed by atoms with Crippen molar-refractivity contribution in [3.05, 3.63) is 22.7 Å². The second kappa shape index (κ2) is 4.22. The largest absolute Gasteiger partial charge is 0.507 e. The normalized spacial score (nSPS) is 9.43. The fourth-order valence-corrected chi connectivity index (χ4v) is 1.55. The van der Waals surface area contributed by atoms with Crippen LogP contribution in [0.5, 0.6) is 5.75 Å². The second-order valence-corrected chi connectivity index (χ2v) is 3.53. The standard InChI is InChI=1S/C8H4ClNO3S/c9-5-2-6(11)4(8(12)13)1-7(5)14-3-10/h1-2,11H,(H,12,13). The van der Waals surface area contributed by atoms with Crippen molar-refractivity contribution in [2.24, 2.45) is 0 Å². The quantitative estimate of drug-likeness (QED) is 0.601. The molecule has 0 radical (unpaired) electrons. The van der Waals surface area contributed by atoms with Gasteiger partial charge in [0.2, 0.25) is 0 Å². The van der Waals surface area contributed by atoms with Gasteiger partial charge < -0.3 is 10.2 Å². The zero-order valence-electron chi connectivity index (χ0n) is 6.69. The predicted octanol–water partition coefficient (Wildman–Crippen LogP) is 2.32. The van der Waals surface area contributed by atoms with Crippen LogP contribution in [0.1, 0.15) is 10.4 Å². The van der Waals surface area contributed by atoms with E-state index in [9.17, 15) is 9.90 Å². The summed E-state index contributed by atoms with van der Waals surface area (Å²) in [4.78, 5) is 10.9. The molecule has 14 heavy (non-hydrogen) atoms. The molecular formula is C8H4ClNO3S. The monoisotopic (exact) mass is 229 g/mol. The molecule has 0 aliphatic heterocycles. The third-order valence-corrected chi connectivity index (χ3v) is 2.51. The van der Waals surface area contributed by atoms with E-state index in [1.165, 1.54) is 0 Å². The van der Waals surface area contributed by atoms with E-state index in [2.05, 4.69) is 0 Å². The molecule has 1 aromatic carbocycles. The van der Waals surface area contributed by atoms with Crippen LogP contribution >= 0.6 is 23.4 Å². The second-order valence-electron chi connectivity index (χ2n) is 2.30. The number of nitriles is 1. The average Bonchev–Trinajstić information content (AvgIpc) is 2.09. The van der Waals surface area contributed by atoms with Crippen molar-refractivity contribution in [2.75, 3.05) is 0 Å². The Kier molecular flexibility index (Phi) is 3.23. The molecule has 4 nitrogen and oxygen atoms in total. The molecule has 0 spiro atoms. The molecule has 1 rings (SSSR count). The molecule has 0 aliphatic carbocycles. The van der Waals surface area contributed by atoms with Gasteiger partial charge in [0.25, 0.3) is 0 Å². The molecule has 0 bridgehead atoms. The van der Waals surface area contributed by atoms with E-state index in [-0.39, 0.29) is 10.6 Å². The lowest BCUT2D eigenvalue weighted by molar-refractivity contribution is 0.0693. The number of nitrogens with zero attached hydrogens (tertiary/aromatic N) is 1. The molecule has 2 N–H and O–H groups in total. The Morgan fingerprint density at radius 2 is 2.21 bits per heavy atom. The van der Waals surface area contributed by atoms with Gasteiger partial charge in [-0.1, -0.05) is 11.6 Å². The summed E-state index contributed by atoms with van der Waals surface area (Å²) in [6.07, 6.45) is 0. The van der Waals surface area contributed by atoms with Crippen LogP contribution in [0, 0.1) is 10.7 Å². The van der Waals surface area contributed by atoms with Crippen molar-refractivity contribution in [1.29, 1.82) is 5.26 Å². The van der Waals surface area contributed by atoms with Gasteiger partial charge in [-0.2, -0.15) is 5.26 Å². The summed E-state index contributed by atoms with van der Waals surface area (Å²) >= 11 is 6.40. The first-order chi connectivity index (χ1) is 6.56. The van der Waals surface area contributed by atoms with E-state index in [0.29, 0.717) is 4.90 Å². The summed E-state index contributed by atoms with van der Waals surface area (Å²) in [5.41, 5.74) is -0.271. The highest BCUT2D eigenvalue weighted by Crippen LogP contribution is 2.32. The number of thioether (sulfide) groups is 1. The number of aromatic hydroxyl groups is 1. The van der Waals surface area contributed by atoms with Crippen molar-refractivity contribution < 1.29 is 15.0 Å². The van der Waals surface area contributed by atoms with Crippen molar-refractivity contribution >= 4 is 29.3 Å². The predicted molar refractivity (Wildman–Crippen MR) is 51.5 cm³/mol. The number of halogens is 1. The van der Waals surface area contributed by atoms with Gasteiger partial charge in [0, 0.05) is 11.0 Å². The number of rotatable bonds is 2. The van der Waals surface area contributed by atoms with Gasteiger partial charge in [-0.05, 0) is 17.8 Å². The summed E-state index contributed by atoms with van der Waals surface area (Å²) in [5.74, 6) is -1.68. The lowest BCUT2D eigenvalue weighted by Gasteiger charge is -2.03. The van der Waals surface area contributed by atoms with Crippen LogP contribution in [0.4, 0.5) is 0 Å². The first kappa shape index (κ1) is 10.7. The Balaban J connectivity index is 3.28. The smallest absolute Gasteiger partial charge is 0.339 e. The van der Waals surface area contributed by atoms with Crippen LogP contribution in [0.3, 0.4) is 0 Å². The van der Waals surface area contributed by atoms with Gasteiger partial charge in [0.1, 0.15) is 16.7 Å². The molecule has 0 atom stereocenters. The van der Waals surface area contributed by atoms with E-state index in [1.807, 2.05) is 0 Å². The molecule has 1 aromatic rings. The van der Waals surface area contributed by atoms with E-state index >= 15 is 0 Å². The van der Waals surface area contributed by atoms with Crippen LogP contribution in [0.15, 0.2) is 17.0 Å². The zero-order valence-corrected chi connectivity index (χ0v) is 8.26. The summed E-state index contributed by atoms with van der Waals surface area (Å²) in [5, 5.41) is 28.2. The molecule has 0 saturated heterocycles. The van der Waals surface area contributed by atoms with Gasteiger partial charge in [-0.15, -0.1) is 0 Å². The van der Waals surface area contributed by atoms with Crippen LogP contribution < -0.4 is 0 Å². The molecule has 0 aromatic heterocycles. The summed E-state index contributed by atoms with van der Waals surface area (Å²) in [7, 11) is 0. The highest BCUT2D eigenvalue weighted by molar-refractivity contribution is 8.03. The molecule has 72 valence electrons. The Labute approximate surface area is 88.7 Å². The third kappa shape index (κ3) is 2.10. The summed E-state index contributed by atoms with van der Waals surface area (Å²) in [6, 6.07) is 2.26. The van der Waals surface area contributed by atoms with Crippen LogP contribution in [-0.2, 0) is 0 Å². The van der Waals surface area contributed by atoms with Crippen molar-refractivity contribution in [1.82, 2.24) is 0 Å². The van der Waals surface area contributed by atoms with Gasteiger partial charge in [0.15, 0.2) is 0 Å². The lowest BCUT2D eigenvalue weighted by Crippen LogP contribution is -1.97. The molecule has 0 heterocycles. The molecule has 0 aliphatic rings. The molecule has 0 unspecified atom stereocenters. The minimum Gasteiger partial charge on any atom is -0.507 e. The third-order valence-electron chi connectivity index (χ3n) is 1.44. The van der Waals surface area contributed by atoms with E-state index < -0.39 is 11.7 Å². The Bertz CT molecular complexity index is 427. The highest BCUT2D eigenvalue weighted by Gasteiger charge is 2.13. The number of carboxylic acids is 1.